The molecule has 5 atom stereocenters. The van der Waals surface area contributed by atoms with E-state index in [1.54, 1.807) is 13.2 Å². The van der Waals surface area contributed by atoms with Crippen molar-refractivity contribution in [3.63, 3.8) is 0 Å². The van der Waals surface area contributed by atoms with Gasteiger partial charge in [-0.15, -0.1) is 4.36 Å². The first-order valence-corrected chi connectivity index (χ1v) is 18.6. The SMILES string of the molecule is CO[C@H]1/C=C/C[C@H](C)CS(=O)(NC(=O)NC2CC2)=NC(=O)c2ccc3c(c2)N(Cc2ccc(Cl)cc2CCCCO3)C[C@@H]2CC[C@H]21. The molecule has 2 aliphatic heterocycles. The second-order valence-electron chi connectivity index (χ2n) is 13.3. The van der Waals surface area contributed by atoms with Crippen LogP contribution in [0.15, 0.2) is 52.9 Å². The zero-order valence-electron chi connectivity index (χ0n) is 26.7. The van der Waals surface area contributed by atoms with Crippen molar-refractivity contribution >= 4 is 39.1 Å². The van der Waals surface area contributed by atoms with Gasteiger partial charge in [-0.2, -0.15) is 0 Å². The number of anilines is 1. The molecule has 3 amide bonds. The lowest BCUT2D eigenvalue weighted by Crippen LogP contribution is -2.43. The molecule has 0 aromatic heterocycles. The number of hydrogen-bond donors (Lipinski definition) is 2. The second kappa shape index (κ2) is 14.4. The number of nitrogens with one attached hydrogen (secondary N) is 2. The Hall–Kier alpha value is -3.08. The summed E-state index contributed by atoms with van der Waals surface area (Å²) in [5, 5.41) is 3.54. The van der Waals surface area contributed by atoms with Gasteiger partial charge >= 0.3 is 6.03 Å². The van der Waals surface area contributed by atoms with E-state index < -0.39 is 21.9 Å². The van der Waals surface area contributed by atoms with Crippen LogP contribution in [0, 0.1) is 17.8 Å². The first-order valence-electron chi connectivity index (χ1n) is 16.6. The fourth-order valence-corrected chi connectivity index (χ4v) is 8.79. The van der Waals surface area contributed by atoms with Crippen LogP contribution < -0.4 is 19.7 Å². The van der Waals surface area contributed by atoms with Gasteiger partial charge in [-0.3, -0.25) is 9.52 Å². The van der Waals surface area contributed by atoms with Gasteiger partial charge in [0.2, 0.25) is 0 Å². The summed E-state index contributed by atoms with van der Waals surface area (Å²) in [5.41, 5.74) is 3.51. The first kappa shape index (κ1) is 32.8. The summed E-state index contributed by atoms with van der Waals surface area (Å²) in [6, 6.07) is 10.9. The number of rotatable bonds is 3. The summed E-state index contributed by atoms with van der Waals surface area (Å²) in [6.07, 6.45) is 11.4. The Morgan fingerprint density at radius 1 is 1.11 bits per heavy atom. The topological polar surface area (TPSA) is 109 Å². The lowest BCUT2D eigenvalue weighted by molar-refractivity contribution is 0.0133. The summed E-state index contributed by atoms with van der Waals surface area (Å²) in [4.78, 5) is 28.8. The molecular formula is C35H45ClN4O5S. The lowest BCUT2D eigenvalue weighted by Gasteiger charge is -2.43. The number of carbonyl (C=O) groups is 2. The van der Waals surface area contributed by atoms with Crippen molar-refractivity contribution in [2.24, 2.45) is 22.1 Å². The molecule has 4 aliphatic rings. The molecule has 248 valence electrons. The highest BCUT2D eigenvalue weighted by Gasteiger charge is 2.38. The van der Waals surface area contributed by atoms with Crippen LogP contribution in [-0.2, 0) is 27.6 Å². The average molecular weight is 669 g/mol. The number of carbonyl (C=O) groups excluding carboxylic acids is 2. The van der Waals surface area contributed by atoms with Gasteiger partial charge in [0.1, 0.15) is 15.7 Å². The van der Waals surface area contributed by atoms with Crippen molar-refractivity contribution < 1.29 is 23.3 Å². The molecule has 2 bridgehead atoms. The highest BCUT2D eigenvalue weighted by molar-refractivity contribution is 7.92. The fraction of sp³-hybridized carbons (Fsp3) is 0.543. The molecule has 2 fully saturated rings. The molecule has 2 aromatic carbocycles. The fourth-order valence-electron chi connectivity index (χ4n) is 6.76. The van der Waals surface area contributed by atoms with Gasteiger partial charge in [-0.25, -0.2) is 9.00 Å². The molecule has 0 radical (unpaired) electrons. The minimum atomic E-state index is -3.43. The van der Waals surface area contributed by atoms with Gasteiger partial charge in [0.15, 0.2) is 0 Å². The van der Waals surface area contributed by atoms with Gasteiger partial charge < -0.3 is 19.7 Å². The predicted molar refractivity (Wildman–Crippen MR) is 182 cm³/mol. The maximum absolute atomic E-state index is 14.2. The highest BCUT2D eigenvalue weighted by atomic mass is 35.5. The van der Waals surface area contributed by atoms with Crippen molar-refractivity contribution in [1.29, 1.82) is 0 Å². The monoisotopic (exact) mass is 668 g/mol. The van der Waals surface area contributed by atoms with Crippen LogP contribution in [0.2, 0.25) is 5.02 Å². The Morgan fingerprint density at radius 3 is 2.72 bits per heavy atom. The van der Waals surface area contributed by atoms with Crippen molar-refractivity contribution in [3.8, 4) is 5.75 Å². The van der Waals surface area contributed by atoms with Crippen LogP contribution in [0.3, 0.4) is 0 Å². The van der Waals surface area contributed by atoms with E-state index in [4.69, 9.17) is 21.1 Å². The van der Waals surface area contributed by atoms with Crippen LogP contribution in [-0.4, -0.2) is 54.3 Å². The Bertz CT molecular complexity index is 1600. The summed E-state index contributed by atoms with van der Waals surface area (Å²) in [6.45, 7) is 3.87. The first-order chi connectivity index (χ1) is 22.2. The third-order valence-corrected chi connectivity index (χ3v) is 11.8. The normalized spacial score (nSPS) is 29.4. The Kier molecular flexibility index (Phi) is 10.3. The summed E-state index contributed by atoms with van der Waals surface area (Å²) >= 11 is 6.44. The molecule has 0 saturated heterocycles. The summed E-state index contributed by atoms with van der Waals surface area (Å²) in [5.74, 6) is 0.736. The number of nitrogens with zero attached hydrogens (tertiary/aromatic N) is 2. The van der Waals surface area contributed by atoms with Crippen LogP contribution in [0.5, 0.6) is 5.75 Å². The average Bonchev–Trinajstić information content (AvgIpc) is 3.81. The zero-order valence-corrected chi connectivity index (χ0v) is 28.3. The third-order valence-electron chi connectivity index (χ3n) is 9.57. The number of amides is 3. The van der Waals surface area contributed by atoms with Crippen molar-refractivity contribution in [2.45, 2.75) is 77.0 Å². The summed E-state index contributed by atoms with van der Waals surface area (Å²) in [7, 11) is -1.67. The van der Waals surface area contributed by atoms with Crippen molar-refractivity contribution in [3.05, 3.63) is 70.3 Å². The molecule has 2 heterocycles. The quantitative estimate of drug-likeness (QED) is 0.353. The molecule has 0 spiro atoms. The number of aryl methyl sites for hydroxylation is 1. The number of fused-ring (bicyclic) bond motifs is 3. The Labute approximate surface area is 277 Å². The minimum absolute atomic E-state index is 0.0460. The largest absolute Gasteiger partial charge is 0.491 e. The van der Waals surface area contributed by atoms with Gasteiger partial charge in [0.05, 0.1) is 24.2 Å². The van der Waals surface area contributed by atoms with Gasteiger partial charge in [0.25, 0.3) is 5.91 Å². The number of halogens is 1. The highest BCUT2D eigenvalue weighted by Crippen LogP contribution is 2.42. The minimum Gasteiger partial charge on any atom is -0.491 e. The van der Waals surface area contributed by atoms with Crippen LogP contribution in [0.1, 0.15) is 73.4 Å². The Morgan fingerprint density at radius 2 is 1.96 bits per heavy atom. The molecular weight excluding hydrogens is 624 g/mol. The molecule has 1 unspecified atom stereocenters. The molecule has 11 heteroatoms. The van der Waals surface area contributed by atoms with Gasteiger partial charge in [-0.1, -0.05) is 36.7 Å². The van der Waals surface area contributed by atoms with E-state index >= 15 is 0 Å². The summed E-state index contributed by atoms with van der Waals surface area (Å²) < 4.78 is 33.4. The number of methoxy groups -OCH3 is 1. The maximum atomic E-state index is 14.2. The van der Waals surface area contributed by atoms with E-state index in [1.807, 2.05) is 25.1 Å². The van der Waals surface area contributed by atoms with E-state index in [0.29, 0.717) is 42.7 Å². The van der Waals surface area contributed by atoms with Crippen molar-refractivity contribution in [1.82, 2.24) is 10.0 Å². The van der Waals surface area contributed by atoms with Gasteiger partial charge in [-0.05, 0) is 111 Å². The second-order valence-corrected chi connectivity index (χ2v) is 15.7. The molecule has 2 saturated carbocycles. The van der Waals surface area contributed by atoms with E-state index in [-0.39, 0.29) is 23.8 Å². The number of urea groups is 1. The van der Waals surface area contributed by atoms with Crippen LogP contribution >= 0.6 is 11.6 Å². The van der Waals surface area contributed by atoms with Crippen LogP contribution in [0.4, 0.5) is 10.5 Å². The molecule has 6 rings (SSSR count). The Balaban J connectivity index is 1.44. The molecule has 2 N–H and O–H groups in total. The molecule has 46 heavy (non-hydrogen) atoms. The number of benzene rings is 2. The molecule has 9 nitrogen and oxygen atoms in total. The standard InChI is InChI=1S/C35H45ClN4O5S/c1-23-6-5-8-32(44-2)30-15-10-27(30)21-40-20-26-9-12-28(36)18-24(26)7-3-4-17-45-33-16-11-25(19-31(33)40)34(41)38-46(43,22-23)39-35(42)37-29-13-14-29/h5,8-9,11-12,16,18-19,23,27,29-30,32H,3-4,6-7,10,13-15,17,20-22H2,1-2H3,(H2,37,38,39,41,42,43)/b8-5+/t23-,27-,30+,32-,46?/m0/s1. The number of hydrogen-bond acceptors (Lipinski definition) is 6. The van der Waals surface area contributed by atoms with E-state index in [0.717, 1.165) is 62.2 Å². The van der Waals surface area contributed by atoms with E-state index in [9.17, 15) is 13.8 Å². The molecule has 2 aliphatic carbocycles. The van der Waals surface area contributed by atoms with E-state index in [1.165, 1.54) is 11.1 Å². The zero-order chi connectivity index (χ0) is 32.3. The van der Waals surface area contributed by atoms with E-state index in [2.05, 4.69) is 43.6 Å². The smallest absolute Gasteiger partial charge is 0.327 e. The third kappa shape index (κ3) is 8.06. The van der Waals surface area contributed by atoms with Gasteiger partial charge in [0, 0.05) is 36.8 Å². The van der Waals surface area contributed by atoms with Crippen molar-refractivity contribution in [2.75, 3.05) is 30.9 Å². The van der Waals surface area contributed by atoms with Crippen LogP contribution in [0.25, 0.3) is 0 Å². The predicted octanol–water partition coefficient (Wildman–Crippen LogP) is 6.68. The lowest BCUT2D eigenvalue weighted by atomic mass is 9.70. The maximum Gasteiger partial charge on any atom is 0.327 e. The molecule has 2 aromatic rings. The number of allylic oxidation sites excluding steroid dienone is 1. The number of ether oxygens (including phenoxy) is 2.